The molecule has 1 rings (SSSR count). The second-order valence-corrected chi connectivity index (χ2v) is 6.19. The molecule has 0 aliphatic carbocycles. The van der Waals surface area contributed by atoms with Crippen LogP contribution in [-0.2, 0) is 0 Å². The van der Waals surface area contributed by atoms with Gasteiger partial charge in [-0.1, -0.05) is 55.1 Å². The van der Waals surface area contributed by atoms with Gasteiger partial charge in [-0.2, -0.15) is 0 Å². The summed E-state index contributed by atoms with van der Waals surface area (Å²) in [6, 6.07) is 4.77. The third-order valence-electron chi connectivity index (χ3n) is 1.39. The summed E-state index contributed by atoms with van der Waals surface area (Å²) in [4.78, 5) is 11.5. The summed E-state index contributed by atoms with van der Waals surface area (Å²) >= 11 is 17.7. The Morgan fingerprint density at radius 2 is 1.92 bits per heavy atom. The van der Waals surface area contributed by atoms with Gasteiger partial charge in [-0.3, -0.25) is 4.79 Å². The van der Waals surface area contributed by atoms with E-state index in [4.69, 9.17) is 23.2 Å². The molecule has 0 aliphatic rings. The van der Waals surface area contributed by atoms with Gasteiger partial charge < -0.3 is 0 Å². The SMILES string of the molecule is O=C(c1ccc(Cl)cc1Cl)C(Br)Br. The second kappa shape index (κ2) is 4.78. The van der Waals surface area contributed by atoms with Crippen LogP contribution in [0.25, 0.3) is 0 Å². The van der Waals surface area contributed by atoms with Gasteiger partial charge in [0.15, 0.2) is 5.78 Å². The molecule has 0 fully saturated rings. The second-order valence-electron chi connectivity index (χ2n) is 2.29. The first-order valence-corrected chi connectivity index (χ1v) is 5.88. The number of rotatable bonds is 2. The third-order valence-corrected chi connectivity index (χ3v) is 2.77. The molecule has 1 nitrogen and oxygen atoms in total. The van der Waals surface area contributed by atoms with Crippen molar-refractivity contribution in [3.05, 3.63) is 33.8 Å². The maximum absolute atomic E-state index is 11.5. The largest absolute Gasteiger partial charge is 0.292 e. The number of carbonyl (C=O) groups excluding carboxylic acids is 1. The lowest BCUT2D eigenvalue weighted by Crippen LogP contribution is -2.07. The van der Waals surface area contributed by atoms with Gasteiger partial charge in [0.25, 0.3) is 0 Å². The molecular weight excluding hydrogens is 343 g/mol. The predicted octanol–water partition coefficient (Wildman–Crippen LogP) is 4.29. The molecular formula is C8H4Br2Cl2O. The monoisotopic (exact) mass is 344 g/mol. The van der Waals surface area contributed by atoms with Gasteiger partial charge >= 0.3 is 0 Å². The standard InChI is InChI=1S/C8H4Br2Cl2O/c9-8(10)7(13)5-2-1-4(11)3-6(5)12/h1-3,8H. The summed E-state index contributed by atoms with van der Waals surface area (Å²) in [6.07, 6.45) is 0. The quantitative estimate of drug-likeness (QED) is 0.576. The van der Waals surface area contributed by atoms with Gasteiger partial charge in [0.05, 0.1) is 5.02 Å². The molecule has 1 aromatic carbocycles. The highest BCUT2D eigenvalue weighted by molar-refractivity contribution is 9.25. The first-order valence-electron chi connectivity index (χ1n) is 3.30. The molecule has 0 amide bonds. The zero-order valence-corrected chi connectivity index (χ0v) is 10.9. The summed E-state index contributed by atoms with van der Waals surface area (Å²) in [7, 11) is 0. The van der Waals surface area contributed by atoms with Gasteiger partial charge in [0.1, 0.15) is 3.74 Å². The van der Waals surface area contributed by atoms with E-state index < -0.39 is 3.74 Å². The smallest absolute Gasteiger partial charge is 0.188 e. The van der Waals surface area contributed by atoms with Crippen LogP contribution in [0.2, 0.25) is 10.0 Å². The number of Topliss-reactive ketones (excluding diaryl/α,β-unsaturated/α-hetero) is 1. The molecule has 13 heavy (non-hydrogen) atoms. The number of halogens is 4. The van der Waals surface area contributed by atoms with E-state index >= 15 is 0 Å². The Labute approximate surface area is 103 Å². The van der Waals surface area contributed by atoms with Crippen LogP contribution in [0.5, 0.6) is 0 Å². The maximum Gasteiger partial charge on any atom is 0.188 e. The van der Waals surface area contributed by atoms with E-state index in [1.54, 1.807) is 18.2 Å². The fourth-order valence-corrected chi connectivity index (χ4v) is 1.80. The minimum Gasteiger partial charge on any atom is -0.292 e. The Balaban J connectivity index is 3.09. The van der Waals surface area contributed by atoms with Crippen molar-refractivity contribution in [2.24, 2.45) is 0 Å². The highest BCUT2D eigenvalue weighted by Gasteiger charge is 2.16. The lowest BCUT2D eigenvalue weighted by molar-refractivity contribution is 0.101. The van der Waals surface area contributed by atoms with Crippen molar-refractivity contribution in [1.29, 1.82) is 0 Å². The molecule has 0 radical (unpaired) electrons. The van der Waals surface area contributed by atoms with E-state index in [2.05, 4.69) is 31.9 Å². The highest BCUT2D eigenvalue weighted by Crippen LogP contribution is 2.25. The lowest BCUT2D eigenvalue weighted by Gasteiger charge is -2.03. The van der Waals surface area contributed by atoms with Crippen molar-refractivity contribution >= 4 is 60.8 Å². The first-order chi connectivity index (χ1) is 6.02. The van der Waals surface area contributed by atoms with Crippen molar-refractivity contribution in [3.63, 3.8) is 0 Å². The van der Waals surface area contributed by atoms with Crippen LogP contribution in [0, 0.1) is 0 Å². The average molecular weight is 347 g/mol. The minimum absolute atomic E-state index is 0.123. The maximum atomic E-state index is 11.5. The molecule has 70 valence electrons. The molecule has 0 heterocycles. The third kappa shape index (κ3) is 2.94. The normalized spacial score (nSPS) is 10.5. The number of alkyl halides is 2. The van der Waals surface area contributed by atoms with Crippen LogP contribution < -0.4 is 0 Å². The molecule has 0 spiro atoms. The van der Waals surface area contributed by atoms with E-state index in [0.717, 1.165) is 0 Å². The van der Waals surface area contributed by atoms with Crippen molar-refractivity contribution in [1.82, 2.24) is 0 Å². The van der Waals surface area contributed by atoms with E-state index in [9.17, 15) is 4.79 Å². The Morgan fingerprint density at radius 1 is 1.31 bits per heavy atom. The highest BCUT2D eigenvalue weighted by atomic mass is 79.9. The molecule has 0 atom stereocenters. The van der Waals surface area contributed by atoms with Gasteiger partial charge in [0.2, 0.25) is 0 Å². The Bertz CT molecular complexity index is 339. The van der Waals surface area contributed by atoms with Crippen molar-refractivity contribution in [3.8, 4) is 0 Å². The Hall–Kier alpha value is 0.430. The number of hydrogen-bond donors (Lipinski definition) is 0. The summed E-state index contributed by atoms with van der Waals surface area (Å²) < 4.78 is -0.418. The van der Waals surface area contributed by atoms with E-state index in [-0.39, 0.29) is 5.78 Å². The van der Waals surface area contributed by atoms with Crippen LogP contribution in [-0.4, -0.2) is 9.52 Å². The molecule has 0 unspecified atom stereocenters. The number of ketones is 1. The van der Waals surface area contributed by atoms with Crippen LogP contribution in [0.15, 0.2) is 18.2 Å². The summed E-state index contributed by atoms with van der Waals surface area (Å²) in [5, 5.41) is 0.878. The molecule has 0 saturated heterocycles. The number of hydrogen-bond acceptors (Lipinski definition) is 1. The molecule has 0 bridgehead atoms. The average Bonchev–Trinajstić information content (AvgIpc) is 2.03. The number of benzene rings is 1. The van der Waals surface area contributed by atoms with Gasteiger partial charge in [0, 0.05) is 10.6 Å². The summed E-state index contributed by atoms with van der Waals surface area (Å²) in [5.74, 6) is -0.123. The predicted molar refractivity (Wildman–Crippen MR) is 62.4 cm³/mol. The van der Waals surface area contributed by atoms with E-state index in [1.807, 2.05) is 0 Å². The van der Waals surface area contributed by atoms with Crippen molar-refractivity contribution < 1.29 is 4.79 Å². The van der Waals surface area contributed by atoms with Crippen molar-refractivity contribution in [2.45, 2.75) is 3.74 Å². The zero-order chi connectivity index (χ0) is 10.0. The molecule has 0 aromatic heterocycles. The van der Waals surface area contributed by atoms with Crippen molar-refractivity contribution in [2.75, 3.05) is 0 Å². The fraction of sp³-hybridized carbons (Fsp3) is 0.125. The Morgan fingerprint density at radius 3 is 2.38 bits per heavy atom. The molecule has 0 aliphatic heterocycles. The van der Waals surface area contributed by atoms with Gasteiger partial charge in [-0.05, 0) is 18.2 Å². The zero-order valence-electron chi connectivity index (χ0n) is 6.23. The van der Waals surface area contributed by atoms with Gasteiger partial charge in [-0.15, -0.1) is 0 Å². The first kappa shape index (κ1) is 11.5. The van der Waals surface area contributed by atoms with E-state index in [1.165, 1.54) is 0 Å². The summed E-state index contributed by atoms with van der Waals surface area (Å²) in [5.41, 5.74) is 0.449. The van der Waals surface area contributed by atoms with E-state index in [0.29, 0.717) is 15.6 Å². The molecule has 1 aromatic rings. The van der Waals surface area contributed by atoms with Crippen LogP contribution in [0.4, 0.5) is 0 Å². The fourth-order valence-electron chi connectivity index (χ4n) is 0.807. The van der Waals surface area contributed by atoms with Gasteiger partial charge in [-0.25, -0.2) is 0 Å². The van der Waals surface area contributed by atoms with Crippen LogP contribution in [0.3, 0.4) is 0 Å². The van der Waals surface area contributed by atoms with Crippen LogP contribution in [0.1, 0.15) is 10.4 Å². The van der Waals surface area contributed by atoms with Crippen LogP contribution >= 0.6 is 55.1 Å². The molecule has 0 N–H and O–H groups in total. The summed E-state index contributed by atoms with van der Waals surface area (Å²) in [6.45, 7) is 0. The lowest BCUT2D eigenvalue weighted by atomic mass is 10.1. The number of carbonyl (C=O) groups is 1. The topological polar surface area (TPSA) is 17.1 Å². The molecule has 0 saturated carbocycles. The Kier molecular flexibility index (Phi) is 4.23. The molecule has 5 heteroatoms. The minimum atomic E-state index is -0.418.